The number of hydrogen-bond donors (Lipinski definition) is 1. The van der Waals surface area contributed by atoms with E-state index >= 15 is 0 Å². The Morgan fingerprint density at radius 3 is 2.37 bits per heavy atom. The number of ether oxygens (including phenoxy) is 1. The standard InChI is InChI=1S/C24H20N2O4/c1-15(16-7-4-3-5-8-16)25-22(27)17-11-12-20-21(13-17)24(29)26(23(20)28)18-9-6-10-19(14-18)30-2/h3-15H,1-2H3,(H,25,27). The van der Waals surface area contributed by atoms with Gasteiger partial charge in [0.1, 0.15) is 5.75 Å². The van der Waals surface area contributed by atoms with Crippen molar-refractivity contribution in [2.75, 3.05) is 12.0 Å². The summed E-state index contributed by atoms with van der Waals surface area (Å²) >= 11 is 0. The number of anilines is 1. The lowest BCUT2D eigenvalue weighted by Crippen LogP contribution is -2.29. The van der Waals surface area contributed by atoms with E-state index in [1.54, 1.807) is 30.3 Å². The second-order valence-corrected chi connectivity index (χ2v) is 7.01. The number of rotatable bonds is 5. The van der Waals surface area contributed by atoms with Gasteiger partial charge < -0.3 is 10.1 Å². The van der Waals surface area contributed by atoms with Crippen molar-refractivity contribution in [1.82, 2.24) is 5.32 Å². The van der Waals surface area contributed by atoms with Crippen molar-refractivity contribution in [2.24, 2.45) is 0 Å². The van der Waals surface area contributed by atoms with E-state index in [-0.39, 0.29) is 23.1 Å². The molecule has 150 valence electrons. The van der Waals surface area contributed by atoms with Gasteiger partial charge in [0.25, 0.3) is 17.7 Å². The summed E-state index contributed by atoms with van der Waals surface area (Å²) in [6.45, 7) is 1.89. The van der Waals surface area contributed by atoms with Crippen molar-refractivity contribution in [3.8, 4) is 5.75 Å². The molecule has 0 bridgehead atoms. The van der Waals surface area contributed by atoms with Crippen LogP contribution in [-0.2, 0) is 0 Å². The minimum atomic E-state index is -0.464. The van der Waals surface area contributed by atoms with Crippen LogP contribution in [0.4, 0.5) is 5.69 Å². The normalized spacial score (nSPS) is 13.7. The number of nitrogens with zero attached hydrogens (tertiary/aromatic N) is 1. The SMILES string of the molecule is COc1cccc(N2C(=O)c3ccc(C(=O)NC(C)c4ccccc4)cc3C2=O)c1. The first-order valence-electron chi connectivity index (χ1n) is 9.52. The van der Waals surface area contributed by atoms with Crippen LogP contribution in [0.2, 0.25) is 0 Å². The van der Waals surface area contributed by atoms with Crippen LogP contribution in [0.25, 0.3) is 0 Å². The van der Waals surface area contributed by atoms with Gasteiger partial charge in [-0.05, 0) is 42.8 Å². The van der Waals surface area contributed by atoms with Gasteiger partial charge in [-0.1, -0.05) is 36.4 Å². The van der Waals surface area contributed by atoms with Gasteiger partial charge in [0.2, 0.25) is 0 Å². The first-order chi connectivity index (χ1) is 14.5. The van der Waals surface area contributed by atoms with E-state index in [0.717, 1.165) is 10.5 Å². The second-order valence-electron chi connectivity index (χ2n) is 7.01. The summed E-state index contributed by atoms with van der Waals surface area (Å²) < 4.78 is 5.18. The molecule has 0 saturated heterocycles. The average Bonchev–Trinajstić information content (AvgIpc) is 3.03. The zero-order chi connectivity index (χ0) is 21.3. The van der Waals surface area contributed by atoms with E-state index in [9.17, 15) is 14.4 Å². The number of hydrogen-bond acceptors (Lipinski definition) is 4. The summed E-state index contributed by atoms with van der Waals surface area (Å²) in [6, 6.07) is 20.7. The maximum absolute atomic E-state index is 13.0. The quantitative estimate of drug-likeness (QED) is 0.657. The monoisotopic (exact) mass is 400 g/mol. The van der Waals surface area contributed by atoms with Gasteiger partial charge in [0.15, 0.2) is 0 Å². The molecule has 0 aromatic heterocycles. The van der Waals surface area contributed by atoms with Crippen LogP contribution in [0.5, 0.6) is 5.75 Å². The van der Waals surface area contributed by atoms with Gasteiger partial charge in [0.05, 0.1) is 30.0 Å². The molecular weight excluding hydrogens is 380 g/mol. The minimum absolute atomic E-state index is 0.197. The van der Waals surface area contributed by atoms with Gasteiger partial charge in [-0.3, -0.25) is 14.4 Å². The fourth-order valence-electron chi connectivity index (χ4n) is 3.47. The largest absolute Gasteiger partial charge is 0.497 e. The summed E-state index contributed by atoms with van der Waals surface area (Å²) in [4.78, 5) is 39.6. The predicted octanol–water partition coefficient (Wildman–Crippen LogP) is 3.99. The number of methoxy groups -OCH3 is 1. The lowest BCUT2D eigenvalue weighted by atomic mass is 10.0. The van der Waals surface area contributed by atoms with Crippen LogP contribution < -0.4 is 15.0 Å². The molecule has 6 nitrogen and oxygen atoms in total. The molecule has 1 unspecified atom stereocenters. The fraction of sp³-hybridized carbons (Fsp3) is 0.125. The Kier molecular flexibility index (Phi) is 5.06. The van der Waals surface area contributed by atoms with Crippen molar-refractivity contribution in [2.45, 2.75) is 13.0 Å². The Balaban J connectivity index is 1.59. The Morgan fingerprint density at radius 2 is 1.63 bits per heavy atom. The molecule has 0 fully saturated rings. The van der Waals surface area contributed by atoms with Gasteiger partial charge in [-0.2, -0.15) is 0 Å². The smallest absolute Gasteiger partial charge is 0.266 e. The number of carbonyl (C=O) groups excluding carboxylic acids is 3. The average molecular weight is 400 g/mol. The lowest BCUT2D eigenvalue weighted by molar-refractivity contribution is 0.0922. The van der Waals surface area contributed by atoms with E-state index in [0.29, 0.717) is 17.0 Å². The highest BCUT2D eigenvalue weighted by Crippen LogP contribution is 2.31. The van der Waals surface area contributed by atoms with Crippen molar-refractivity contribution in [1.29, 1.82) is 0 Å². The van der Waals surface area contributed by atoms with E-state index in [4.69, 9.17) is 4.74 Å². The molecule has 30 heavy (non-hydrogen) atoms. The third kappa shape index (κ3) is 3.43. The zero-order valence-electron chi connectivity index (χ0n) is 16.6. The van der Waals surface area contributed by atoms with E-state index in [2.05, 4.69) is 5.32 Å². The highest BCUT2D eigenvalue weighted by molar-refractivity contribution is 6.34. The number of benzene rings is 3. The molecule has 3 aromatic rings. The van der Waals surface area contributed by atoms with Crippen LogP contribution >= 0.6 is 0 Å². The number of carbonyl (C=O) groups is 3. The van der Waals surface area contributed by atoms with Crippen molar-refractivity contribution < 1.29 is 19.1 Å². The van der Waals surface area contributed by atoms with Crippen molar-refractivity contribution >= 4 is 23.4 Å². The molecule has 1 atom stereocenters. The highest BCUT2D eigenvalue weighted by atomic mass is 16.5. The van der Waals surface area contributed by atoms with Crippen molar-refractivity contribution in [3.05, 3.63) is 95.1 Å². The van der Waals surface area contributed by atoms with Gasteiger partial charge in [0, 0.05) is 11.6 Å². The second kappa shape index (κ2) is 7.83. The number of imide groups is 1. The lowest BCUT2D eigenvalue weighted by Gasteiger charge is -2.15. The molecule has 6 heteroatoms. The third-order valence-electron chi connectivity index (χ3n) is 5.11. The van der Waals surface area contributed by atoms with Gasteiger partial charge >= 0.3 is 0 Å². The molecule has 3 amide bonds. The van der Waals surface area contributed by atoms with Gasteiger partial charge in [-0.25, -0.2) is 4.90 Å². The molecule has 0 aliphatic carbocycles. The van der Waals surface area contributed by atoms with E-state index in [1.807, 2.05) is 37.3 Å². The van der Waals surface area contributed by atoms with Crippen LogP contribution in [0.1, 0.15) is 49.6 Å². The summed E-state index contributed by atoms with van der Waals surface area (Å²) in [5.74, 6) is -0.657. The van der Waals surface area contributed by atoms with Crippen LogP contribution in [0, 0.1) is 0 Å². The fourth-order valence-corrected chi connectivity index (χ4v) is 3.47. The predicted molar refractivity (Wildman–Crippen MR) is 113 cm³/mol. The summed E-state index contributed by atoms with van der Waals surface area (Å²) in [6.07, 6.45) is 0. The topological polar surface area (TPSA) is 75.7 Å². The Labute approximate surface area is 174 Å². The first-order valence-corrected chi connectivity index (χ1v) is 9.52. The first kappa shape index (κ1) is 19.4. The number of nitrogens with one attached hydrogen (secondary N) is 1. The highest BCUT2D eigenvalue weighted by Gasteiger charge is 2.37. The molecule has 0 radical (unpaired) electrons. The molecule has 1 heterocycles. The van der Waals surface area contributed by atoms with Crippen LogP contribution in [0.3, 0.4) is 0 Å². The molecule has 4 rings (SSSR count). The van der Waals surface area contributed by atoms with E-state index in [1.165, 1.54) is 19.2 Å². The maximum atomic E-state index is 13.0. The molecular formula is C24H20N2O4. The number of fused-ring (bicyclic) bond motifs is 1. The summed E-state index contributed by atoms with van der Waals surface area (Å²) in [5, 5.41) is 2.92. The Morgan fingerprint density at radius 1 is 0.900 bits per heavy atom. The molecule has 1 aliphatic heterocycles. The summed E-state index contributed by atoms with van der Waals surface area (Å²) in [5.41, 5.74) is 2.20. The summed E-state index contributed by atoms with van der Waals surface area (Å²) in [7, 11) is 1.52. The van der Waals surface area contributed by atoms with Crippen molar-refractivity contribution in [3.63, 3.8) is 0 Å². The van der Waals surface area contributed by atoms with Gasteiger partial charge in [-0.15, -0.1) is 0 Å². The zero-order valence-corrected chi connectivity index (χ0v) is 16.6. The van der Waals surface area contributed by atoms with Crippen LogP contribution in [-0.4, -0.2) is 24.8 Å². The molecule has 3 aromatic carbocycles. The molecule has 1 N–H and O–H groups in total. The van der Waals surface area contributed by atoms with Crippen LogP contribution in [0.15, 0.2) is 72.8 Å². The Bertz CT molecular complexity index is 1140. The third-order valence-corrected chi connectivity index (χ3v) is 5.11. The molecule has 1 aliphatic rings. The molecule has 0 spiro atoms. The minimum Gasteiger partial charge on any atom is -0.497 e. The molecule has 0 saturated carbocycles. The number of amides is 3. The Hall–Kier alpha value is -3.93. The maximum Gasteiger partial charge on any atom is 0.266 e. The van der Waals surface area contributed by atoms with E-state index < -0.39 is 11.8 Å².